The van der Waals surface area contributed by atoms with Crippen LogP contribution >= 0.6 is 11.3 Å². The third-order valence-electron chi connectivity index (χ3n) is 3.99. The van der Waals surface area contributed by atoms with Crippen LogP contribution < -0.4 is 0 Å². The predicted molar refractivity (Wildman–Crippen MR) is 97.1 cm³/mol. The van der Waals surface area contributed by atoms with E-state index in [0.717, 1.165) is 38.6 Å². The molecule has 0 radical (unpaired) electrons. The lowest BCUT2D eigenvalue weighted by Gasteiger charge is -2.36. The minimum Gasteiger partial charge on any atom is -0.444 e. The number of carbonyl (C=O) groups is 2. The van der Waals surface area contributed by atoms with Crippen LogP contribution in [0.5, 0.6) is 0 Å². The van der Waals surface area contributed by atoms with Gasteiger partial charge in [-0.15, -0.1) is 11.3 Å². The number of rotatable bonds is 7. The van der Waals surface area contributed by atoms with E-state index < -0.39 is 5.60 Å². The van der Waals surface area contributed by atoms with E-state index in [9.17, 15) is 9.59 Å². The van der Waals surface area contributed by atoms with Gasteiger partial charge >= 0.3 is 6.09 Å². The average Bonchev–Trinajstić information content (AvgIpc) is 3.07. The molecule has 7 heteroatoms. The number of aromatic nitrogens is 1. The lowest BCUT2D eigenvalue weighted by Crippen LogP contribution is -2.46. The second-order valence-electron chi connectivity index (χ2n) is 7.28. The smallest absolute Gasteiger partial charge is 0.410 e. The maximum atomic E-state index is 12.4. The summed E-state index contributed by atoms with van der Waals surface area (Å²) in [4.78, 5) is 30.0. The number of hydrogen-bond acceptors (Lipinski definition) is 6. The number of carbonyl (C=O) groups excluding carboxylic acids is 2. The van der Waals surface area contributed by atoms with Crippen LogP contribution in [0.15, 0.2) is 11.6 Å². The predicted octanol–water partition coefficient (Wildman–Crippen LogP) is 3.91. The van der Waals surface area contributed by atoms with Crippen LogP contribution in [0, 0.1) is 0 Å². The summed E-state index contributed by atoms with van der Waals surface area (Å²) in [6.07, 6.45) is 6.22. The molecule has 1 aromatic heterocycles. The van der Waals surface area contributed by atoms with Gasteiger partial charge in [0.2, 0.25) is 5.78 Å². The highest BCUT2D eigenvalue weighted by molar-refractivity contribution is 7.11. The summed E-state index contributed by atoms with van der Waals surface area (Å²) in [5.41, 5.74) is -0.474. The van der Waals surface area contributed by atoms with E-state index in [-0.39, 0.29) is 24.5 Å². The Balaban J connectivity index is 1.70. The number of piperidine rings is 1. The fraction of sp³-hybridized carbons (Fsp3) is 0.722. The van der Waals surface area contributed by atoms with E-state index in [4.69, 9.17) is 9.47 Å². The van der Waals surface area contributed by atoms with Crippen LogP contribution in [0.1, 0.15) is 62.7 Å². The molecule has 1 aliphatic heterocycles. The van der Waals surface area contributed by atoms with E-state index in [2.05, 4.69) is 4.98 Å². The number of ether oxygens (including phenoxy) is 2. The van der Waals surface area contributed by atoms with Gasteiger partial charge in [-0.2, -0.15) is 0 Å². The Labute approximate surface area is 153 Å². The van der Waals surface area contributed by atoms with E-state index >= 15 is 0 Å². The molecule has 0 spiro atoms. The van der Waals surface area contributed by atoms with Gasteiger partial charge < -0.3 is 14.4 Å². The monoisotopic (exact) mass is 368 g/mol. The number of thiazole rings is 1. The Morgan fingerprint density at radius 3 is 2.84 bits per heavy atom. The molecule has 1 atom stereocenters. The third kappa shape index (κ3) is 6.74. The lowest BCUT2D eigenvalue weighted by molar-refractivity contribution is 0.00760. The summed E-state index contributed by atoms with van der Waals surface area (Å²) in [5.74, 6) is -0.0805. The maximum Gasteiger partial charge on any atom is 0.410 e. The highest BCUT2D eigenvalue weighted by Gasteiger charge is 2.30. The van der Waals surface area contributed by atoms with Crippen LogP contribution in [-0.2, 0) is 9.47 Å². The molecule has 0 aliphatic carbocycles. The van der Waals surface area contributed by atoms with E-state index in [1.807, 2.05) is 25.7 Å². The second kappa shape index (κ2) is 9.29. The summed E-state index contributed by atoms with van der Waals surface area (Å²) in [5, 5.41) is 2.27. The first kappa shape index (κ1) is 19.8. The van der Waals surface area contributed by atoms with Crippen molar-refractivity contribution in [3.63, 3.8) is 0 Å². The summed E-state index contributed by atoms with van der Waals surface area (Å²) in [6.45, 7) is 6.98. The van der Waals surface area contributed by atoms with Gasteiger partial charge in [-0.25, -0.2) is 9.78 Å². The molecule has 1 fully saturated rings. The molecular weight excluding hydrogens is 340 g/mol. The zero-order valence-electron chi connectivity index (χ0n) is 15.3. The van der Waals surface area contributed by atoms with Crippen LogP contribution in [0.3, 0.4) is 0 Å². The molecule has 1 aromatic rings. The molecular formula is C18H28N2O4S. The molecule has 0 bridgehead atoms. The normalized spacial score (nSPS) is 18.2. The largest absolute Gasteiger partial charge is 0.444 e. The lowest BCUT2D eigenvalue weighted by atomic mass is 9.98. The quantitative estimate of drug-likeness (QED) is 0.539. The van der Waals surface area contributed by atoms with E-state index in [0.29, 0.717) is 11.6 Å². The van der Waals surface area contributed by atoms with Crippen molar-refractivity contribution in [3.05, 3.63) is 16.6 Å². The van der Waals surface area contributed by atoms with Crippen molar-refractivity contribution >= 4 is 23.2 Å². The molecule has 0 aromatic carbocycles. The van der Waals surface area contributed by atoms with Gasteiger partial charge in [-0.3, -0.25) is 4.79 Å². The molecule has 0 saturated carbocycles. The fourth-order valence-corrected chi connectivity index (χ4v) is 3.43. The van der Waals surface area contributed by atoms with Gasteiger partial charge in [0, 0.05) is 30.8 Å². The molecule has 2 rings (SSSR count). The number of ketones is 1. The zero-order chi connectivity index (χ0) is 18.3. The van der Waals surface area contributed by atoms with Gasteiger partial charge in [-0.1, -0.05) is 0 Å². The van der Waals surface area contributed by atoms with Crippen molar-refractivity contribution in [2.45, 2.75) is 64.5 Å². The van der Waals surface area contributed by atoms with Crippen LogP contribution in [0.4, 0.5) is 4.79 Å². The SMILES string of the molecule is CC(C)(C)OC(=O)N1CCCCC1CCCOCC(=O)c1nccs1. The zero-order valence-corrected chi connectivity index (χ0v) is 16.1. The van der Waals surface area contributed by atoms with Crippen molar-refractivity contribution in [2.75, 3.05) is 19.8 Å². The number of amides is 1. The van der Waals surface area contributed by atoms with Gasteiger partial charge in [0.15, 0.2) is 5.01 Å². The molecule has 1 saturated heterocycles. The summed E-state index contributed by atoms with van der Waals surface area (Å²) < 4.78 is 11.0. The number of hydrogen-bond donors (Lipinski definition) is 0. The first-order valence-electron chi connectivity index (χ1n) is 8.87. The third-order valence-corrected chi connectivity index (χ3v) is 4.80. The average molecular weight is 368 g/mol. The Morgan fingerprint density at radius 1 is 1.36 bits per heavy atom. The molecule has 140 valence electrons. The molecule has 1 amide bonds. The van der Waals surface area contributed by atoms with Crippen molar-refractivity contribution in [1.29, 1.82) is 0 Å². The Kier molecular flexibility index (Phi) is 7.38. The van der Waals surface area contributed by atoms with Gasteiger partial charge in [0.05, 0.1) is 0 Å². The molecule has 2 heterocycles. The second-order valence-corrected chi connectivity index (χ2v) is 8.17. The maximum absolute atomic E-state index is 12.4. The van der Waals surface area contributed by atoms with E-state index in [1.165, 1.54) is 11.3 Å². The van der Waals surface area contributed by atoms with Crippen molar-refractivity contribution < 1.29 is 19.1 Å². The fourth-order valence-electron chi connectivity index (χ4n) is 2.87. The van der Waals surface area contributed by atoms with Crippen LogP contribution in [0.2, 0.25) is 0 Å². The molecule has 25 heavy (non-hydrogen) atoms. The summed E-state index contributed by atoms with van der Waals surface area (Å²) >= 11 is 1.33. The number of Topliss-reactive ketones (excluding diaryl/α,β-unsaturated/α-hetero) is 1. The Hall–Kier alpha value is -1.47. The molecule has 0 N–H and O–H groups in total. The molecule has 1 unspecified atom stereocenters. The minimum atomic E-state index is -0.474. The van der Waals surface area contributed by atoms with E-state index in [1.54, 1.807) is 11.6 Å². The van der Waals surface area contributed by atoms with Crippen molar-refractivity contribution in [3.8, 4) is 0 Å². The first-order chi connectivity index (χ1) is 11.9. The standard InChI is InChI=1S/C18H28N2O4S/c1-18(2,3)24-17(22)20-10-5-4-7-14(20)8-6-11-23-13-15(21)16-19-9-12-25-16/h9,12,14H,4-8,10-11,13H2,1-3H3. The van der Waals surface area contributed by atoms with Crippen molar-refractivity contribution in [1.82, 2.24) is 9.88 Å². The van der Waals surface area contributed by atoms with Gasteiger partial charge in [0.25, 0.3) is 0 Å². The van der Waals surface area contributed by atoms with Gasteiger partial charge in [0.1, 0.15) is 12.2 Å². The summed E-state index contributed by atoms with van der Waals surface area (Å²) in [7, 11) is 0. The Bertz CT molecular complexity index is 554. The van der Waals surface area contributed by atoms with Crippen LogP contribution in [0.25, 0.3) is 0 Å². The minimum absolute atomic E-state index is 0.0635. The highest BCUT2D eigenvalue weighted by atomic mass is 32.1. The highest BCUT2D eigenvalue weighted by Crippen LogP contribution is 2.23. The molecule has 6 nitrogen and oxygen atoms in total. The summed E-state index contributed by atoms with van der Waals surface area (Å²) in [6, 6.07) is 0.196. The van der Waals surface area contributed by atoms with Crippen molar-refractivity contribution in [2.24, 2.45) is 0 Å². The number of likely N-dealkylation sites (tertiary alicyclic amines) is 1. The molecule has 1 aliphatic rings. The number of nitrogens with zero attached hydrogens (tertiary/aromatic N) is 2. The Morgan fingerprint density at radius 2 is 2.16 bits per heavy atom. The van der Waals surface area contributed by atoms with Crippen LogP contribution in [-0.4, -0.2) is 53.2 Å². The first-order valence-corrected chi connectivity index (χ1v) is 9.75. The topological polar surface area (TPSA) is 68.7 Å². The van der Waals surface area contributed by atoms with Gasteiger partial charge in [-0.05, 0) is 52.9 Å².